The van der Waals surface area contributed by atoms with Gasteiger partial charge in [0, 0.05) is 38.2 Å². The van der Waals surface area contributed by atoms with Crippen molar-refractivity contribution in [3.05, 3.63) is 77.4 Å². The third-order valence-electron chi connectivity index (χ3n) is 9.35. The van der Waals surface area contributed by atoms with Crippen LogP contribution < -0.4 is 30.2 Å². The van der Waals surface area contributed by atoms with E-state index in [0.717, 1.165) is 50.8 Å². The number of carbonyl (C=O) groups excluding carboxylic acids is 3. The Balaban J connectivity index is 0.00000486. The lowest BCUT2D eigenvalue weighted by Crippen LogP contribution is -2.44. The maximum atomic E-state index is 13.7. The van der Waals surface area contributed by atoms with E-state index in [1.807, 2.05) is 43.0 Å². The number of hydrogen-bond acceptors (Lipinski definition) is 8. The van der Waals surface area contributed by atoms with Crippen LogP contribution in [0.2, 0.25) is 0 Å². The molecule has 1 atom stereocenters. The molecule has 1 aliphatic heterocycles. The number of ether oxygens (including phenoxy) is 3. The summed E-state index contributed by atoms with van der Waals surface area (Å²) in [6.07, 6.45) is 5.62. The van der Waals surface area contributed by atoms with E-state index >= 15 is 0 Å². The summed E-state index contributed by atoms with van der Waals surface area (Å²) in [5.41, 5.74) is 8.49. The molecule has 13 heteroatoms. The predicted octanol–water partition coefficient (Wildman–Crippen LogP) is 6.98. The van der Waals surface area contributed by atoms with Crippen LogP contribution in [0.1, 0.15) is 78.1 Å². The van der Waals surface area contributed by atoms with E-state index in [1.54, 1.807) is 48.3 Å². The summed E-state index contributed by atoms with van der Waals surface area (Å²) in [4.78, 5) is 45.5. The Hall–Kier alpha value is -4.03. The molecule has 3 aromatic rings. The van der Waals surface area contributed by atoms with E-state index in [1.165, 1.54) is 7.11 Å². The van der Waals surface area contributed by atoms with E-state index in [9.17, 15) is 14.4 Å². The van der Waals surface area contributed by atoms with E-state index in [-0.39, 0.29) is 48.6 Å². The molecule has 1 heterocycles. The first-order valence-electron chi connectivity index (χ1n) is 17.9. The summed E-state index contributed by atoms with van der Waals surface area (Å²) in [5, 5.41) is 2.90. The molecule has 3 aromatic carbocycles. The summed E-state index contributed by atoms with van der Waals surface area (Å²) in [5.74, 6) is 1.03. The zero-order chi connectivity index (χ0) is 36.9. The molecule has 0 spiro atoms. The quantitative estimate of drug-likeness (QED) is 0.141. The molecule has 0 bridgehead atoms. The van der Waals surface area contributed by atoms with Gasteiger partial charge in [-0.05, 0) is 121 Å². The molecular formula is C40H57Cl2N5O6. The summed E-state index contributed by atoms with van der Waals surface area (Å²) in [6.45, 7) is 6.51. The number of anilines is 2. The number of unbranched alkanes of at least 4 members (excludes halogenated alkanes) is 2. The third-order valence-corrected chi connectivity index (χ3v) is 9.35. The predicted molar refractivity (Wildman–Crippen MR) is 217 cm³/mol. The Kier molecular flexibility index (Phi) is 18.9. The first-order valence-corrected chi connectivity index (χ1v) is 17.9. The number of benzene rings is 3. The molecule has 3 N–H and O–H groups in total. The van der Waals surface area contributed by atoms with Gasteiger partial charge in [-0.15, -0.1) is 24.8 Å². The van der Waals surface area contributed by atoms with Gasteiger partial charge in [0.25, 0.3) is 11.8 Å². The second-order valence-electron chi connectivity index (χ2n) is 13.4. The molecule has 1 aliphatic rings. The molecule has 0 radical (unpaired) electrons. The second kappa shape index (κ2) is 22.2. The Bertz CT molecular complexity index is 1630. The van der Waals surface area contributed by atoms with Gasteiger partial charge in [-0.3, -0.25) is 14.4 Å². The summed E-state index contributed by atoms with van der Waals surface area (Å²) in [7, 11) is 7.40. The minimum absolute atomic E-state index is 0. The van der Waals surface area contributed by atoms with E-state index in [0.29, 0.717) is 71.8 Å². The molecule has 4 rings (SSSR count). The average Bonchev–Trinajstić information content (AvgIpc) is 3.12. The van der Waals surface area contributed by atoms with Gasteiger partial charge in [0.15, 0.2) is 0 Å². The van der Waals surface area contributed by atoms with Crippen LogP contribution in [-0.2, 0) is 4.79 Å². The summed E-state index contributed by atoms with van der Waals surface area (Å²) >= 11 is 0. The highest BCUT2D eigenvalue weighted by atomic mass is 35.5. The van der Waals surface area contributed by atoms with Crippen molar-refractivity contribution in [3.63, 3.8) is 0 Å². The number of halogens is 2. The monoisotopic (exact) mass is 773 g/mol. The lowest BCUT2D eigenvalue weighted by Gasteiger charge is -2.35. The minimum atomic E-state index is -0.367. The Labute approximate surface area is 327 Å². The molecule has 0 unspecified atom stereocenters. The number of methoxy groups -OCH3 is 1. The van der Waals surface area contributed by atoms with Crippen LogP contribution in [0.5, 0.6) is 17.2 Å². The topological polar surface area (TPSA) is 127 Å². The van der Waals surface area contributed by atoms with Crippen molar-refractivity contribution in [1.29, 1.82) is 0 Å². The minimum Gasteiger partial charge on any atom is -0.495 e. The number of nitrogens with two attached hydrogens (primary N) is 1. The normalized spacial score (nSPS) is 13.3. The number of nitrogens with one attached hydrogen (secondary N) is 1. The zero-order valence-electron chi connectivity index (χ0n) is 31.9. The largest absolute Gasteiger partial charge is 0.495 e. The lowest BCUT2D eigenvalue weighted by molar-refractivity contribution is -0.132. The zero-order valence-corrected chi connectivity index (χ0v) is 33.5. The highest BCUT2D eigenvalue weighted by molar-refractivity contribution is 6.09. The van der Waals surface area contributed by atoms with Crippen molar-refractivity contribution in [3.8, 4) is 17.2 Å². The van der Waals surface area contributed by atoms with Crippen LogP contribution in [0.25, 0.3) is 0 Å². The van der Waals surface area contributed by atoms with Crippen molar-refractivity contribution >= 4 is 53.9 Å². The van der Waals surface area contributed by atoms with Crippen LogP contribution in [0.4, 0.5) is 11.4 Å². The smallest absolute Gasteiger partial charge is 0.259 e. The van der Waals surface area contributed by atoms with Crippen LogP contribution >= 0.6 is 24.8 Å². The van der Waals surface area contributed by atoms with Gasteiger partial charge in [-0.25, -0.2) is 0 Å². The molecular weight excluding hydrogens is 717 g/mol. The standard InChI is InChI=1S/C40H55N5O6.2ClH/c1-28-15-18-34(37(26-28)50-25-11-7-8-14-38(46)45-23-20-31(21-24-45)43(3)4)44(5)40(48)30-16-17-33(36(27-30)49-6)42-39(47)32-12-9-10-13-35(32)51-29(2)19-22-41;;/h9-10,12-13,15-18,26-27,29,31H,7-8,11,14,19-25,41H2,1-6H3,(H,42,47);2*1H/t29-;;/m1../s1. The average molecular weight is 775 g/mol. The molecule has 3 amide bonds. The molecule has 0 aromatic heterocycles. The maximum Gasteiger partial charge on any atom is 0.259 e. The SMILES string of the molecule is COc1cc(C(=O)N(C)c2ccc(C)cc2OCCCCCC(=O)N2CCC(N(C)C)CC2)ccc1NC(=O)c1ccccc1O[C@H](C)CCN.Cl.Cl. The first-order chi connectivity index (χ1) is 24.5. The number of likely N-dealkylation sites (tertiary alicyclic amines) is 1. The molecule has 292 valence electrons. The Morgan fingerprint density at radius 2 is 1.64 bits per heavy atom. The van der Waals surface area contributed by atoms with Gasteiger partial charge in [-0.2, -0.15) is 0 Å². The maximum absolute atomic E-state index is 13.7. The molecule has 11 nitrogen and oxygen atoms in total. The molecule has 0 aliphatic carbocycles. The summed E-state index contributed by atoms with van der Waals surface area (Å²) < 4.78 is 17.8. The van der Waals surface area contributed by atoms with Crippen molar-refractivity contribution in [2.75, 3.05) is 64.7 Å². The number of piperidine rings is 1. The van der Waals surface area contributed by atoms with Crippen LogP contribution in [0.3, 0.4) is 0 Å². The Morgan fingerprint density at radius 1 is 0.925 bits per heavy atom. The number of amides is 3. The van der Waals surface area contributed by atoms with Crippen LogP contribution in [0.15, 0.2) is 60.7 Å². The number of nitrogens with zero attached hydrogens (tertiary/aromatic N) is 3. The number of rotatable bonds is 17. The van der Waals surface area contributed by atoms with Gasteiger partial charge < -0.3 is 40.0 Å². The van der Waals surface area contributed by atoms with Gasteiger partial charge in [0.05, 0.1) is 36.8 Å². The number of hydrogen-bond donors (Lipinski definition) is 2. The molecule has 53 heavy (non-hydrogen) atoms. The van der Waals surface area contributed by atoms with Gasteiger partial charge in [0.2, 0.25) is 5.91 Å². The molecule has 0 saturated carbocycles. The van der Waals surface area contributed by atoms with Crippen molar-refractivity contribution in [2.24, 2.45) is 5.73 Å². The fraction of sp³-hybridized carbons (Fsp3) is 0.475. The third kappa shape index (κ3) is 12.8. The van der Waals surface area contributed by atoms with Crippen LogP contribution in [0, 0.1) is 6.92 Å². The number of para-hydroxylation sites is 1. The first kappa shape index (κ1) is 45.1. The van der Waals surface area contributed by atoms with Gasteiger partial charge in [0.1, 0.15) is 17.2 Å². The van der Waals surface area contributed by atoms with Crippen molar-refractivity contribution in [1.82, 2.24) is 9.80 Å². The molecule has 1 saturated heterocycles. The van der Waals surface area contributed by atoms with Crippen molar-refractivity contribution in [2.45, 2.75) is 70.9 Å². The van der Waals surface area contributed by atoms with Crippen molar-refractivity contribution < 1.29 is 28.6 Å². The number of aryl methyl sites for hydroxylation is 1. The highest BCUT2D eigenvalue weighted by Crippen LogP contribution is 2.33. The van der Waals surface area contributed by atoms with Crippen LogP contribution in [-0.4, -0.2) is 94.2 Å². The molecule has 1 fully saturated rings. The second-order valence-corrected chi connectivity index (χ2v) is 13.4. The highest BCUT2D eigenvalue weighted by Gasteiger charge is 2.24. The summed E-state index contributed by atoms with van der Waals surface area (Å²) in [6, 6.07) is 18.2. The van der Waals surface area contributed by atoms with E-state index in [4.69, 9.17) is 19.9 Å². The Morgan fingerprint density at radius 3 is 2.32 bits per heavy atom. The van der Waals surface area contributed by atoms with Gasteiger partial charge in [-0.1, -0.05) is 18.2 Å². The van der Waals surface area contributed by atoms with E-state index in [2.05, 4.69) is 24.3 Å². The fourth-order valence-corrected chi connectivity index (χ4v) is 6.23. The number of carbonyl (C=O) groups is 3. The van der Waals surface area contributed by atoms with Gasteiger partial charge >= 0.3 is 0 Å². The fourth-order valence-electron chi connectivity index (χ4n) is 6.23. The lowest BCUT2D eigenvalue weighted by atomic mass is 10.0. The van der Waals surface area contributed by atoms with E-state index < -0.39 is 0 Å².